The number of nitrogens with one attached hydrogen (secondary N) is 1. The fourth-order valence-corrected chi connectivity index (χ4v) is 2.81. The number of anilines is 1. The minimum atomic E-state index is -0.387. The molecule has 6 heteroatoms. The Morgan fingerprint density at radius 1 is 1.19 bits per heavy atom. The van der Waals surface area contributed by atoms with Crippen molar-refractivity contribution >= 4 is 11.6 Å². The molecule has 0 aliphatic carbocycles. The van der Waals surface area contributed by atoms with E-state index in [0.29, 0.717) is 22.6 Å². The van der Waals surface area contributed by atoms with Crippen molar-refractivity contribution < 1.29 is 9.18 Å². The molecule has 1 aromatic heterocycles. The average Bonchev–Trinajstić information content (AvgIpc) is 2.96. The first kappa shape index (κ1) is 17.8. The fourth-order valence-electron chi connectivity index (χ4n) is 2.81. The molecule has 0 fully saturated rings. The molecule has 0 spiro atoms. The number of hydrogen-bond donors (Lipinski definition) is 1. The van der Waals surface area contributed by atoms with Crippen LogP contribution in [0.3, 0.4) is 0 Å². The zero-order valence-corrected chi connectivity index (χ0v) is 15.0. The topological polar surface area (TPSA) is 50.2 Å². The molecule has 0 saturated carbocycles. The third-order valence-corrected chi connectivity index (χ3v) is 4.02. The molecule has 1 amide bonds. The first-order valence-corrected chi connectivity index (χ1v) is 8.30. The van der Waals surface area contributed by atoms with Gasteiger partial charge in [0.25, 0.3) is 5.91 Å². The van der Waals surface area contributed by atoms with Crippen LogP contribution in [0, 0.1) is 12.7 Å². The van der Waals surface area contributed by atoms with E-state index < -0.39 is 0 Å². The van der Waals surface area contributed by atoms with Crippen LogP contribution in [0.5, 0.6) is 0 Å². The van der Waals surface area contributed by atoms with Gasteiger partial charge in [0, 0.05) is 12.2 Å². The lowest BCUT2D eigenvalue weighted by molar-refractivity contribution is 0.102. The van der Waals surface area contributed by atoms with Crippen LogP contribution in [0.25, 0.3) is 5.69 Å². The van der Waals surface area contributed by atoms with E-state index in [9.17, 15) is 9.18 Å². The van der Waals surface area contributed by atoms with Crippen molar-refractivity contribution in [3.8, 4) is 5.69 Å². The van der Waals surface area contributed by atoms with Gasteiger partial charge in [-0.15, -0.1) is 0 Å². The van der Waals surface area contributed by atoms with Gasteiger partial charge in [0.1, 0.15) is 11.5 Å². The summed E-state index contributed by atoms with van der Waals surface area (Å²) in [5.41, 5.74) is 3.12. The van der Waals surface area contributed by atoms with Gasteiger partial charge < -0.3 is 10.2 Å². The molecule has 1 heterocycles. The second-order valence-corrected chi connectivity index (χ2v) is 6.40. The summed E-state index contributed by atoms with van der Waals surface area (Å²) in [4.78, 5) is 14.7. The summed E-state index contributed by atoms with van der Waals surface area (Å²) in [6, 6.07) is 14.0. The molecule has 26 heavy (non-hydrogen) atoms. The first-order chi connectivity index (χ1) is 12.5. The molecule has 0 atom stereocenters. The van der Waals surface area contributed by atoms with Gasteiger partial charge in [-0.3, -0.25) is 4.79 Å². The van der Waals surface area contributed by atoms with Crippen molar-refractivity contribution in [2.45, 2.75) is 13.5 Å². The predicted octanol–water partition coefficient (Wildman–Crippen LogP) is 3.63. The lowest BCUT2D eigenvalue weighted by Gasteiger charge is -2.11. The number of rotatable bonds is 5. The predicted molar refractivity (Wildman–Crippen MR) is 100 cm³/mol. The van der Waals surface area contributed by atoms with E-state index in [-0.39, 0.29) is 11.7 Å². The molecule has 3 rings (SSSR count). The minimum Gasteiger partial charge on any atom is -0.322 e. The highest BCUT2D eigenvalue weighted by Gasteiger charge is 2.17. The van der Waals surface area contributed by atoms with Crippen LogP contribution in [0.15, 0.2) is 54.7 Å². The van der Waals surface area contributed by atoms with E-state index in [1.54, 1.807) is 25.1 Å². The van der Waals surface area contributed by atoms with Crippen molar-refractivity contribution in [2.75, 3.05) is 19.4 Å². The Kier molecular flexibility index (Phi) is 5.14. The molecule has 0 aliphatic rings. The zero-order valence-electron chi connectivity index (χ0n) is 15.0. The quantitative estimate of drug-likeness (QED) is 0.763. The third kappa shape index (κ3) is 3.81. The van der Waals surface area contributed by atoms with Gasteiger partial charge in [-0.25, -0.2) is 9.07 Å². The van der Waals surface area contributed by atoms with E-state index in [4.69, 9.17) is 0 Å². The summed E-state index contributed by atoms with van der Waals surface area (Å²) in [6.07, 6.45) is 1.46. The summed E-state index contributed by atoms with van der Waals surface area (Å²) in [5.74, 6) is -0.658. The van der Waals surface area contributed by atoms with Gasteiger partial charge in [-0.05, 0) is 50.8 Å². The van der Waals surface area contributed by atoms with Gasteiger partial charge in [0.15, 0.2) is 0 Å². The van der Waals surface area contributed by atoms with Crippen LogP contribution in [-0.2, 0) is 6.54 Å². The Morgan fingerprint density at radius 3 is 2.69 bits per heavy atom. The number of nitrogens with zero attached hydrogens (tertiary/aromatic N) is 3. The number of carbonyl (C=O) groups is 1. The molecule has 2 aromatic carbocycles. The lowest BCUT2D eigenvalue weighted by Crippen LogP contribution is -2.14. The highest BCUT2D eigenvalue weighted by atomic mass is 19.1. The summed E-state index contributed by atoms with van der Waals surface area (Å²) in [5, 5.41) is 7.06. The zero-order chi connectivity index (χ0) is 18.7. The molecule has 134 valence electrons. The number of amides is 1. The lowest BCUT2D eigenvalue weighted by atomic mass is 10.1. The van der Waals surface area contributed by atoms with E-state index in [0.717, 1.165) is 12.1 Å². The second kappa shape index (κ2) is 7.49. The highest BCUT2D eigenvalue weighted by molar-refractivity contribution is 6.05. The van der Waals surface area contributed by atoms with Crippen molar-refractivity contribution in [2.24, 2.45) is 0 Å². The van der Waals surface area contributed by atoms with Gasteiger partial charge >= 0.3 is 0 Å². The monoisotopic (exact) mass is 352 g/mol. The van der Waals surface area contributed by atoms with Crippen LogP contribution in [0.4, 0.5) is 10.1 Å². The van der Waals surface area contributed by atoms with Crippen LogP contribution < -0.4 is 5.32 Å². The van der Waals surface area contributed by atoms with Gasteiger partial charge in [0.2, 0.25) is 0 Å². The Morgan fingerprint density at radius 2 is 1.96 bits per heavy atom. The summed E-state index contributed by atoms with van der Waals surface area (Å²) >= 11 is 0. The number of hydrogen-bond acceptors (Lipinski definition) is 3. The summed E-state index contributed by atoms with van der Waals surface area (Å²) < 4.78 is 15.4. The number of para-hydroxylation sites is 1. The number of carbonyl (C=O) groups excluding carboxylic acids is 1. The molecular formula is C20H21FN4O. The van der Waals surface area contributed by atoms with Gasteiger partial charge in [0.05, 0.1) is 17.5 Å². The molecule has 0 bridgehead atoms. The molecule has 5 nitrogen and oxygen atoms in total. The number of benzene rings is 2. The van der Waals surface area contributed by atoms with Gasteiger partial charge in [-0.2, -0.15) is 5.10 Å². The normalized spacial score (nSPS) is 11.0. The molecular weight excluding hydrogens is 331 g/mol. The standard InChI is InChI=1S/C20H21FN4O/c1-14-17(12-22-25(14)19-10-5-4-9-18(19)21)20(26)23-16-8-6-7-15(11-16)13-24(2)3/h4-12H,13H2,1-3H3,(H,23,26). The SMILES string of the molecule is Cc1c(C(=O)Nc2cccc(CN(C)C)c2)cnn1-c1ccccc1F. The maximum absolute atomic E-state index is 14.0. The first-order valence-electron chi connectivity index (χ1n) is 8.30. The minimum absolute atomic E-state index is 0.271. The largest absolute Gasteiger partial charge is 0.322 e. The Bertz CT molecular complexity index is 933. The molecule has 0 aliphatic heterocycles. The summed E-state index contributed by atoms with van der Waals surface area (Å²) in [6.45, 7) is 2.53. The average molecular weight is 352 g/mol. The van der Waals surface area contributed by atoms with Crippen LogP contribution in [0.1, 0.15) is 21.6 Å². The van der Waals surface area contributed by atoms with Crippen molar-refractivity contribution in [1.29, 1.82) is 0 Å². The fraction of sp³-hybridized carbons (Fsp3) is 0.200. The maximum atomic E-state index is 14.0. The van der Waals surface area contributed by atoms with E-state index in [1.165, 1.54) is 16.9 Å². The van der Waals surface area contributed by atoms with E-state index >= 15 is 0 Å². The Balaban J connectivity index is 1.82. The maximum Gasteiger partial charge on any atom is 0.259 e. The highest BCUT2D eigenvalue weighted by Crippen LogP contribution is 2.19. The van der Waals surface area contributed by atoms with Crippen LogP contribution in [-0.4, -0.2) is 34.7 Å². The Hall–Kier alpha value is -2.99. The van der Waals surface area contributed by atoms with E-state index in [1.807, 2.05) is 38.4 Å². The van der Waals surface area contributed by atoms with Crippen molar-refractivity contribution in [3.05, 3.63) is 77.4 Å². The van der Waals surface area contributed by atoms with Crippen LogP contribution >= 0.6 is 0 Å². The molecule has 3 aromatic rings. The van der Waals surface area contributed by atoms with Crippen molar-refractivity contribution in [3.63, 3.8) is 0 Å². The molecule has 0 radical (unpaired) electrons. The van der Waals surface area contributed by atoms with Crippen molar-refractivity contribution in [1.82, 2.24) is 14.7 Å². The van der Waals surface area contributed by atoms with Gasteiger partial charge in [-0.1, -0.05) is 24.3 Å². The number of halogens is 1. The molecule has 1 N–H and O–H groups in total. The molecule has 0 saturated heterocycles. The van der Waals surface area contributed by atoms with E-state index in [2.05, 4.69) is 15.3 Å². The second-order valence-electron chi connectivity index (χ2n) is 6.40. The third-order valence-electron chi connectivity index (χ3n) is 4.02. The number of aromatic nitrogens is 2. The molecule has 0 unspecified atom stereocenters. The smallest absolute Gasteiger partial charge is 0.259 e. The Labute approximate surface area is 152 Å². The summed E-state index contributed by atoms with van der Waals surface area (Å²) in [7, 11) is 3.98. The van der Waals surface area contributed by atoms with Crippen LogP contribution in [0.2, 0.25) is 0 Å².